The topological polar surface area (TPSA) is 147 Å². The summed E-state index contributed by atoms with van der Waals surface area (Å²) < 4.78 is 63.9. The van der Waals surface area contributed by atoms with E-state index in [2.05, 4.69) is 20.2 Å². The lowest BCUT2D eigenvalue weighted by Gasteiger charge is -2.46. The van der Waals surface area contributed by atoms with E-state index in [4.69, 9.17) is 14.2 Å². The molecule has 47 heavy (non-hydrogen) atoms. The van der Waals surface area contributed by atoms with Gasteiger partial charge in [-0.2, -0.15) is 0 Å². The van der Waals surface area contributed by atoms with Crippen LogP contribution in [0.4, 0.5) is 13.2 Å². The molecule has 1 aliphatic heterocycles. The number of aryl methyl sites for hydroxylation is 1. The molecule has 244 valence electrons. The van der Waals surface area contributed by atoms with Crippen LogP contribution in [-0.4, -0.2) is 58.2 Å². The van der Waals surface area contributed by atoms with Gasteiger partial charge in [0, 0.05) is 31.3 Å². The standard InChI is InChI=1S/C32H29F3N6O6/c1-17-15-40(16-36-17)24-8-7-23(37-28(24)45-4)27-38-39-30-32(10-5-11-41(27)30,46-19-13-21(33)26(35)22(34)14-19)31(2,3)47-29(44)20-12-18(42)6-9-25(20)43/h6-9,12-16,42-43H,5,10-11H2,1-4H3/t32-/m1/s1. The first kappa shape index (κ1) is 31.4. The monoisotopic (exact) mass is 650 g/mol. The summed E-state index contributed by atoms with van der Waals surface area (Å²) in [5.74, 6) is -6.15. The van der Waals surface area contributed by atoms with Gasteiger partial charge in [0.05, 0.1) is 19.1 Å². The van der Waals surface area contributed by atoms with Crippen LogP contribution in [-0.2, 0) is 16.9 Å². The number of phenolic OH excluding ortho intramolecular Hbond substituents is 2. The zero-order valence-electron chi connectivity index (χ0n) is 25.7. The summed E-state index contributed by atoms with van der Waals surface area (Å²) >= 11 is 0. The number of halogens is 3. The van der Waals surface area contributed by atoms with Crippen LogP contribution in [0.25, 0.3) is 17.2 Å². The largest absolute Gasteiger partial charge is 0.508 e. The van der Waals surface area contributed by atoms with E-state index in [1.807, 2.05) is 13.1 Å². The van der Waals surface area contributed by atoms with Gasteiger partial charge in [-0.1, -0.05) is 0 Å². The molecule has 0 saturated carbocycles. The van der Waals surface area contributed by atoms with Crippen molar-refractivity contribution < 1.29 is 42.4 Å². The van der Waals surface area contributed by atoms with Gasteiger partial charge in [0.1, 0.15) is 34.2 Å². The summed E-state index contributed by atoms with van der Waals surface area (Å²) in [6, 6.07) is 8.18. The maximum Gasteiger partial charge on any atom is 0.342 e. The van der Waals surface area contributed by atoms with Gasteiger partial charge in [-0.3, -0.25) is 0 Å². The van der Waals surface area contributed by atoms with Crippen molar-refractivity contribution >= 4 is 5.97 Å². The molecule has 0 fully saturated rings. The van der Waals surface area contributed by atoms with Gasteiger partial charge in [0.2, 0.25) is 11.5 Å². The predicted molar refractivity (Wildman–Crippen MR) is 159 cm³/mol. The number of fused-ring (bicyclic) bond motifs is 1. The van der Waals surface area contributed by atoms with Gasteiger partial charge in [0.25, 0.3) is 0 Å². The van der Waals surface area contributed by atoms with E-state index in [0.717, 1.165) is 17.8 Å². The smallest absolute Gasteiger partial charge is 0.342 e. The Morgan fingerprint density at radius 1 is 1.04 bits per heavy atom. The summed E-state index contributed by atoms with van der Waals surface area (Å²) in [5, 5.41) is 29.0. The zero-order valence-corrected chi connectivity index (χ0v) is 25.7. The molecule has 4 heterocycles. The van der Waals surface area contributed by atoms with Crippen molar-refractivity contribution in [3.8, 4) is 40.3 Å². The maximum absolute atomic E-state index is 14.4. The summed E-state index contributed by atoms with van der Waals surface area (Å²) in [6.45, 7) is 5.20. The molecular formula is C32H29F3N6O6. The molecule has 1 aliphatic rings. The Morgan fingerprint density at radius 3 is 2.47 bits per heavy atom. The Morgan fingerprint density at radius 2 is 1.79 bits per heavy atom. The normalized spacial score (nSPS) is 16.1. The van der Waals surface area contributed by atoms with Crippen LogP contribution in [0.15, 0.2) is 55.0 Å². The van der Waals surface area contributed by atoms with Gasteiger partial charge in [0.15, 0.2) is 34.7 Å². The van der Waals surface area contributed by atoms with Crippen LogP contribution < -0.4 is 9.47 Å². The van der Waals surface area contributed by atoms with E-state index >= 15 is 0 Å². The second kappa shape index (κ2) is 11.6. The highest BCUT2D eigenvalue weighted by molar-refractivity contribution is 5.93. The van der Waals surface area contributed by atoms with Crippen molar-refractivity contribution in [3.05, 3.63) is 89.5 Å². The average molecular weight is 651 g/mol. The molecule has 3 aromatic heterocycles. The second-order valence-corrected chi connectivity index (χ2v) is 11.5. The summed E-state index contributed by atoms with van der Waals surface area (Å²) in [6.07, 6.45) is 3.92. The third-order valence-corrected chi connectivity index (χ3v) is 8.04. The summed E-state index contributed by atoms with van der Waals surface area (Å²) in [7, 11) is 1.47. The molecular weight excluding hydrogens is 621 g/mol. The van der Waals surface area contributed by atoms with Crippen LogP contribution in [0, 0.1) is 24.4 Å². The van der Waals surface area contributed by atoms with E-state index < -0.39 is 46.1 Å². The van der Waals surface area contributed by atoms with E-state index in [1.54, 1.807) is 27.6 Å². The fraction of sp³-hybridized carbons (Fsp3) is 0.281. The third kappa shape index (κ3) is 5.47. The molecule has 5 aromatic rings. The van der Waals surface area contributed by atoms with Crippen LogP contribution in [0.1, 0.15) is 48.6 Å². The van der Waals surface area contributed by atoms with Gasteiger partial charge < -0.3 is 33.6 Å². The number of carbonyl (C=O) groups excluding carboxylic acids is 1. The number of aromatic nitrogens is 6. The first-order valence-corrected chi connectivity index (χ1v) is 14.4. The van der Waals surface area contributed by atoms with Crippen LogP contribution in [0.3, 0.4) is 0 Å². The minimum absolute atomic E-state index is 0.105. The number of hydrogen-bond acceptors (Lipinski definition) is 10. The lowest BCUT2D eigenvalue weighted by molar-refractivity contribution is -0.143. The molecule has 0 radical (unpaired) electrons. The highest BCUT2D eigenvalue weighted by Crippen LogP contribution is 2.47. The molecule has 2 aromatic carbocycles. The van der Waals surface area contributed by atoms with E-state index in [1.165, 1.54) is 27.0 Å². The number of aromatic hydroxyl groups is 2. The number of rotatable bonds is 8. The number of carbonyl (C=O) groups is 1. The molecule has 0 saturated heterocycles. The Kier molecular flexibility index (Phi) is 7.77. The number of ether oxygens (including phenoxy) is 3. The Hall–Kier alpha value is -5.60. The number of imidazole rings is 1. The van der Waals surface area contributed by atoms with Crippen molar-refractivity contribution in [1.82, 2.24) is 29.3 Å². The first-order chi connectivity index (χ1) is 22.3. The Labute approximate surface area is 266 Å². The molecule has 2 N–H and O–H groups in total. The summed E-state index contributed by atoms with van der Waals surface area (Å²) in [5.41, 5.74) is -2.02. The second-order valence-electron chi connectivity index (χ2n) is 11.5. The van der Waals surface area contributed by atoms with Gasteiger partial charge in [-0.05, 0) is 57.5 Å². The first-order valence-electron chi connectivity index (χ1n) is 14.4. The fourth-order valence-corrected chi connectivity index (χ4v) is 5.70. The number of hydrogen-bond donors (Lipinski definition) is 2. The molecule has 0 aliphatic carbocycles. The highest BCUT2D eigenvalue weighted by atomic mass is 19.2. The molecule has 12 nitrogen and oxygen atoms in total. The highest BCUT2D eigenvalue weighted by Gasteiger charge is 2.57. The number of esters is 1. The van der Waals surface area contributed by atoms with Gasteiger partial charge in [-0.25, -0.2) is 27.9 Å². The number of phenols is 2. The van der Waals surface area contributed by atoms with E-state index in [9.17, 15) is 28.2 Å². The zero-order chi connectivity index (χ0) is 33.7. The molecule has 15 heteroatoms. The molecule has 0 spiro atoms. The Balaban J connectivity index is 1.47. The quantitative estimate of drug-likeness (QED) is 0.128. The van der Waals surface area contributed by atoms with Crippen molar-refractivity contribution in [2.24, 2.45) is 0 Å². The molecule has 0 bridgehead atoms. The molecule has 6 rings (SSSR count). The van der Waals surface area contributed by atoms with E-state index in [0.29, 0.717) is 42.3 Å². The average Bonchev–Trinajstić information content (AvgIpc) is 3.67. The molecule has 0 unspecified atom stereocenters. The van der Waals surface area contributed by atoms with Crippen molar-refractivity contribution in [2.45, 2.75) is 51.4 Å². The van der Waals surface area contributed by atoms with Crippen molar-refractivity contribution in [1.29, 1.82) is 0 Å². The molecule has 0 amide bonds. The van der Waals surface area contributed by atoms with Crippen LogP contribution in [0.2, 0.25) is 0 Å². The van der Waals surface area contributed by atoms with Crippen LogP contribution >= 0.6 is 0 Å². The minimum atomic E-state index is -1.77. The molecule has 1 atom stereocenters. The van der Waals surface area contributed by atoms with E-state index in [-0.39, 0.29) is 29.4 Å². The number of benzene rings is 2. The fourth-order valence-electron chi connectivity index (χ4n) is 5.70. The Bertz CT molecular complexity index is 1990. The van der Waals surface area contributed by atoms with Gasteiger partial charge in [-0.15, -0.1) is 10.2 Å². The minimum Gasteiger partial charge on any atom is -0.508 e. The number of methoxy groups -OCH3 is 1. The maximum atomic E-state index is 14.4. The van der Waals surface area contributed by atoms with Gasteiger partial charge >= 0.3 is 5.97 Å². The van der Waals surface area contributed by atoms with Crippen molar-refractivity contribution in [2.75, 3.05) is 7.11 Å². The van der Waals surface area contributed by atoms with Crippen LogP contribution in [0.5, 0.6) is 23.1 Å². The lowest BCUT2D eigenvalue weighted by Crippen LogP contribution is -2.57. The van der Waals surface area contributed by atoms with Crippen molar-refractivity contribution in [3.63, 3.8) is 0 Å². The third-order valence-electron chi connectivity index (χ3n) is 8.04. The lowest BCUT2D eigenvalue weighted by atomic mass is 9.78. The number of pyridine rings is 1. The number of nitrogens with zero attached hydrogens (tertiary/aromatic N) is 6. The predicted octanol–water partition coefficient (Wildman–Crippen LogP) is 5.38. The summed E-state index contributed by atoms with van der Waals surface area (Å²) in [4.78, 5) is 22.3. The SMILES string of the molecule is COc1nc(-c2nnc3n2CCC[C@]3(Oc2cc(F)c(F)c(F)c2)C(C)(C)OC(=O)c2cc(O)ccc2O)ccc1-n1cnc(C)c1.